The van der Waals surface area contributed by atoms with Crippen LogP contribution in [0.25, 0.3) is 0 Å². The lowest BCUT2D eigenvalue weighted by molar-refractivity contribution is 0.192. The number of nitrogens with zero attached hydrogens (tertiary/aromatic N) is 2. The third-order valence-electron chi connectivity index (χ3n) is 3.99. The summed E-state index contributed by atoms with van der Waals surface area (Å²) in [6, 6.07) is 3.30. The van der Waals surface area contributed by atoms with Crippen LogP contribution >= 0.6 is 31.9 Å². The zero-order valence-electron chi connectivity index (χ0n) is 10.2. The van der Waals surface area contributed by atoms with Crippen LogP contribution in [0.2, 0.25) is 0 Å². The zero-order valence-corrected chi connectivity index (χ0v) is 13.4. The minimum atomic E-state index is 0.551. The minimum Gasteiger partial charge on any atom is -0.365 e. The normalized spacial score (nSPS) is 28.1. The van der Waals surface area contributed by atoms with Crippen molar-refractivity contribution in [1.82, 2.24) is 9.88 Å². The van der Waals surface area contributed by atoms with E-state index in [0.717, 1.165) is 14.8 Å². The lowest BCUT2D eigenvalue weighted by atomic mass is 9.99. The molecule has 3 heterocycles. The van der Waals surface area contributed by atoms with Gasteiger partial charge >= 0.3 is 0 Å². The first-order valence-corrected chi connectivity index (χ1v) is 8.14. The molecular weight excluding hydrogens is 358 g/mol. The summed E-state index contributed by atoms with van der Waals surface area (Å²) in [5, 5.41) is 3.62. The third-order valence-corrected chi connectivity index (χ3v) is 5.02. The second kappa shape index (κ2) is 5.47. The SMILES string of the molecule is Brc1cnc(NC2CCN3CCCCC23)c(Br)c1. The Morgan fingerprint density at radius 2 is 2.11 bits per heavy atom. The van der Waals surface area contributed by atoms with E-state index in [2.05, 4.69) is 47.1 Å². The summed E-state index contributed by atoms with van der Waals surface area (Å²) in [6.07, 6.45) is 7.14. The van der Waals surface area contributed by atoms with Gasteiger partial charge in [0.2, 0.25) is 0 Å². The molecule has 1 N–H and O–H groups in total. The molecule has 98 valence electrons. The van der Waals surface area contributed by atoms with Gasteiger partial charge < -0.3 is 5.32 Å². The van der Waals surface area contributed by atoms with Crippen LogP contribution in [-0.4, -0.2) is 35.1 Å². The van der Waals surface area contributed by atoms with Gasteiger partial charge in [-0.1, -0.05) is 6.42 Å². The summed E-state index contributed by atoms with van der Waals surface area (Å²) in [5.74, 6) is 0.968. The molecule has 0 radical (unpaired) electrons. The number of fused-ring (bicyclic) bond motifs is 1. The highest BCUT2D eigenvalue weighted by molar-refractivity contribution is 9.11. The Bertz CT molecular complexity index is 438. The first-order chi connectivity index (χ1) is 8.74. The zero-order chi connectivity index (χ0) is 12.5. The minimum absolute atomic E-state index is 0.551. The molecule has 3 rings (SSSR count). The number of rotatable bonds is 2. The number of pyridine rings is 1. The number of hydrogen-bond donors (Lipinski definition) is 1. The first-order valence-electron chi connectivity index (χ1n) is 6.55. The number of hydrogen-bond acceptors (Lipinski definition) is 3. The molecule has 2 aliphatic rings. The molecule has 0 spiro atoms. The van der Waals surface area contributed by atoms with Gasteiger partial charge in [0.15, 0.2) is 0 Å². The third kappa shape index (κ3) is 2.58. The van der Waals surface area contributed by atoms with E-state index >= 15 is 0 Å². The van der Waals surface area contributed by atoms with Crippen LogP contribution in [0.4, 0.5) is 5.82 Å². The van der Waals surface area contributed by atoms with E-state index in [1.165, 1.54) is 38.8 Å². The van der Waals surface area contributed by atoms with Gasteiger partial charge in [-0.2, -0.15) is 0 Å². The molecule has 5 heteroatoms. The van der Waals surface area contributed by atoms with Crippen LogP contribution in [0.3, 0.4) is 0 Å². The van der Waals surface area contributed by atoms with Crippen LogP contribution in [0.5, 0.6) is 0 Å². The second-order valence-corrected chi connectivity index (χ2v) is 6.89. The molecule has 3 nitrogen and oxygen atoms in total. The van der Waals surface area contributed by atoms with Gasteiger partial charge in [0, 0.05) is 29.3 Å². The summed E-state index contributed by atoms with van der Waals surface area (Å²) < 4.78 is 2.04. The molecule has 0 saturated carbocycles. The van der Waals surface area contributed by atoms with Crippen molar-refractivity contribution in [2.75, 3.05) is 18.4 Å². The highest BCUT2D eigenvalue weighted by Gasteiger charge is 2.35. The van der Waals surface area contributed by atoms with Crippen molar-refractivity contribution in [2.45, 2.75) is 37.8 Å². The summed E-state index contributed by atoms with van der Waals surface area (Å²) >= 11 is 7.01. The Kier molecular flexibility index (Phi) is 3.91. The standard InChI is InChI=1S/C13H17Br2N3/c14-9-7-10(15)13(16-8-9)17-11-4-6-18-5-2-1-3-12(11)18/h7-8,11-12H,1-6H2,(H,16,17). The van der Waals surface area contributed by atoms with E-state index in [4.69, 9.17) is 0 Å². The predicted octanol–water partition coefficient (Wildman–Crippen LogP) is 3.65. The number of anilines is 1. The van der Waals surface area contributed by atoms with Gasteiger partial charge in [0.1, 0.15) is 5.82 Å². The Hall–Kier alpha value is -0.130. The van der Waals surface area contributed by atoms with Crippen molar-refractivity contribution in [1.29, 1.82) is 0 Å². The van der Waals surface area contributed by atoms with Crippen LogP contribution < -0.4 is 5.32 Å². The number of halogens is 2. The van der Waals surface area contributed by atoms with Crippen molar-refractivity contribution in [3.63, 3.8) is 0 Å². The maximum Gasteiger partial charge on any atom is 0.140 e. The fourth-order valence-electron chi connectivity index (χ4n) is 3.11. The molecule has 0 aliphatic carbocycles. The van der Waals surface area contributed by atoms with Crippen LogP contribution in [0, 0.1) is 0 Å². The molecule has 2 atom stereocenters. The number of nitrogens with one attached hydrogen (secondary N) is 1. The molecule has 1 aromatic rings. The van der Waals surface area contributed by atoms with E-state index in [-0.39, 0.29) is 0 Å². The van der Waals surface area contributed by atoms with E-state index in [1.54, 1.807) is 0 Å². The van der Waals surface area contributed by atoms with Crippen LogP contribution in [0.1, 0.15) is 25.7 Å². The molecule has 0 bridgehead atoms. The topological polar surface area (TPSA) is 28.2 Å². The Labute approximate surface area is 125 Å². The second-order valence-electron chi connectivity index (χ2n) is 5.12. The monoisotopic (exact) mass is 373 g/mol. The first kappa shape index (κ1) is 12.9. The summed E-state index contributed by atoms with van der Waals surface area (Å²) in [4.78, 5) is 7.09. The molecule has 0 amide bonds. The highest BCUT2D eigenvalue weighted by Crippen LogP contribution is 2.31. The van der Waals surface area contributed by atoms with Crippen molar-refractivity contribution in [3.8, 4) is 0 Å². The fourth-order valence-corrected chi connectivity index (χ4v) is 4.21. The van der Waals surface area contributed by atoms with Crippen LogP contribution in [0.15, 0.2) is 21.2 Å². The lowest BCUT2D eigenvalue weighted by Gasteiger charge is -2.32. The van der Waals surface area contributed by atoms with Crippen LogP contribution in [-0.2, 0) is 0 Å². The molecule has 2 unspecified atom stereocenters. The van der Waals surface area contributed by atoms with Crippen molar-refractivity contribution < 1.29 is 0 Å². The molecule has 2 saturated heterocycles. The van der Waals surface area contributed by atoms with E-state index in [9.17, 15) is 0 Å². The molecule has 18 heavy (non-hydrogen) atoms. The largest absolute Gasteiger partial charge is 0.365 e. The average Bonchev–Trinajstić information content (AvgIpc) is 2.76. The van der Waals surface area contributed by atoms with Gasteiger partial charge in [0.25, 0.3) is 0 Å². The predicted molar refractivity (Wildman–Crippen MR) is 80.9 cm³/mol. The summed E-state index contributed by atoms with van der Waals surface area (Å²) in [6.45, 7) is 2.51. The Balaban J connectivity index is 1.72. The van der Waals surface area contributed by atoms with Gasteiger partial charge in [-0.15, -0.1) is 0 Å². The lowest BCUT2D eigenvalue weighted by Crippen LogP contribution is -2.41. The fraction of sp³-hybridized carbons (Fsp3) is 0.615. The van der Waals surface area contributed by atoms with Gasteiger partial charge in [-0.25, -0.2) is 4.98 Å². The van der Waals surface area contributed by atoms with Crippen molar-refractivity contribution in [2.24, 2.45) is 0 Å². The molecule has 0 aromatic carbocycles. The average molecular weight is 375 g/mol. The maximum atomic E-state index is 4.46. The van der Waals surface area contributed by atoms with Crippen molar-refractivity contribution in [3.05, 3.63) is 21.2 Å². The molecule has 2 aliphatic heterocycles. The van der Waals surface area contributed by atoms with Crippen molar-refractivity contribution >= 4 is 37.7 Å². The number of piperidine rings is 1. The van der Waals surface area contributed by atoms with Gasteiger partial charge in [0.05, 0.1) is 4.47 Å². The smallest absolute Gasteiger partial charge is 0.140 e. The Morgan fingerprint density at radius 1 is 1.22 bits per heavy atom. The quantitative estimate of drug-likeness (QED) is 0.856. The summed E-state index contributed by atoms with van der Waals surface area (Å²) in [7, 11) is 0. The Morgan fingerprint density at radius 3 is 2.94 bits per heavy atom. The highest BCUT2D eigenvalue weighted by atomic mass is 79.9. The number of aromatic nitrogens is 1. The van der Waals surface area contributed by atoms with E-state index in [1.807, 2.05) is 12.3 Å². The molecule has 2 fully saturated rings. The molecular formula is C13H17Br2N3. The summed E-state index contributed by atoms with van der Waals surface area (Å²) in [5.41, 5.74) is 0. The van der Waals surface area contributed by atoms with E-state index < -0.39 is 0 Å². The van der Waals surface area contributed by atoms with Gasteiger partial charge in [-0.3, -0.25) is 4.90 Å². The van der Waals surface area contributed by atoms with E-state index in [0.29, 0.717) is 12.1 Å². The maximum absolute atomic E-state index is 4.46. The van der Waals surface area contributed by atoms with Gasteiger partial charge in [-0.05, 0) is 63.7 Å². The molecule has 1 aromatic heterocycles.